The van der Waals surface area contributed by atoms with Crippen molar-refractivity contribution >= 4 is 17.3 Å². The highest BCUT2D eigenvalue weighted by Crippen LogP contribution is 2.27. The van der Waals surface area contributed by atoms with Crippen LogP contribution in [0.4, 0.5) is 0 Å². The molecule has 4 nitrogen and oxygen atoms in total. The molecule has 5 heteroatoms. The summed E-state index contributed by atoms with van der Waals surface area (Å²) < 4.78 is 0. The van der Waals surface area contributed by atoms with Gasteiger partial charge in [-0.2, -0.15) is 0 Å². The van der Waals surface area contributed by atoms with Crippen molar-refractivity contribution < 1.29 is 9.90 Å². The van der Waals surface area contributed by atoms with E-state index >= 15 is 0 Å². The second-order valence-electron chi connectivity index (χ2n) is 5.89. The molecule has 0 amide bonds. The van der Waals surface area contributed by atoms with Crippen LogP contribution in [0.5, 0.6) is 0 Å². The summed E-state index contributed by atoms with van der Waals surface area (Å²) in [7, 11) is 0. The second kappa shape index (κ2) is 7.70. The maximum absolute atomic E-state index is 11.5. The molecule has 2 N–H and O–H groups in total. The van der Waals surface area contributed by atoms with E-state index in [1.165, 1.54) is 5.56 Å². The van der Waals surface area contributed by atoms with Crippen LogP contribution in [0.2, 0.25) is 0 Å². The molecule has 1 aromatic heterocycles. The lowest BCUT2D eigenvalue weighted by molar-refractivity contribution is -0.149. The minimum atomic E-state index is -0.723. The Labute approximate surface area is 141 Å². The zero-order valence-electron chi connectivity index (χ0n) is 13.9. The molecule has 0 aliphatic rings. The van der Waals surface area contributed by atoms with Crippen LogP contribution in [0, 0.1) is 12.3 Å². The number of hydrogen-bond donors (Lipinski definition) is 2. The number of nitrogens with one attached hydrogen (secondary N) is 1. The number of aryl methyl sites for hydroxylation is 1. The molecular formula is C18H24N2O2S. The molecule has 0 unspecified atom stereocenters. The molecule has 0 radical (unpaired) electrons. The van der Waals surface area contributed by atoms with Crippen molar-refractivity contribution in [1.29, 1.82) is 0 Å². The van der Waals surface area contributed by atoms with Gasteiger partial charge in [-0.05, 0) is 19.8 Å². The van der Waals surface area contributed by atoms with E-state index in [9.17, 15) is 9.90 Å². The van der Waals surface area contributed by atoms with Gasteiger partial charge in [0.05, 0.1) is 5.41 Å². The van der Waals surface area contributed by atoms with E-state index in [0.29, 0.717) is 25.9 Å². The van der Waals surface area contributed by atoms with Gasteiger partial charge in [-0.3, -0.25) is 4.79 Å². The monoisotopic (exact) mass is 332 g/mol. The fraction of sp³-hybridized carbons (Fsp3) is 0.444. The van der Waals surface area contributed by atoms with Crippen LogP contribution >= 0.6 is 11.3 Å². The lowest BCUT2D eigenvalue weighted by atomic mass is 9.82. The van der Waals surface area contributed by atoms with Crippen molar-refractivity contribution in [1.82, 2.24) is 10.3 Å². The van der Waals surface area contributed by atoms with Crippen LogP contribution in [0.1, 0.15) is 37.1 Å². The molecule has 2 aromatic rings. The Morgan fingerprint density at radius 1 is 1.26 bits per heavy atom. The third-order valence-electron chi connectivity index (χ3n) is 4.42. The van der Waals surface area contributed by atoms with E-state index in [-0.39, 0.29) is 0 Å². The number of aromatic nitrogens is 1. The Kier molecular flexibility index (Phi) is 5.91. The molecule has 2 rings (SSSR count). The predicted octanol–water partition coefficient (Wildman–Crippen LogP) is 4.10. The highest BCUT2D eigenvalue weighted by Gasteiger charge is 2.34. The Hall–Kier alpha value is -1.72. The van der Waals surface area contributed by atoms with Crippen LogP contribution in [0.3, 0.4) is 0 Å². The van der Waals surface area contributed by atoms with Gasteiger partial charge in [0.1, 0.15) is 5.01 Å². The van der Waals surface area contributed by atoms with Crippen molar-refractivity contribution in [2.75, 3.05) is 6.54 Å². The average molecular weight is 332 g/mol. The molecule has 0 bridgehead atoms. The number of hydrogen-bond acceptors (Lipinski definition) is 4. The van der Waals surface area contributed by atoms with E-state index in [2.05, 4.69) is 41.5 Å². The molecule has 23 heavy (non-hydrogen) atoms. The predicted molar refractivity (Wildman–Crippen MR) is 94.6 cm³/mol. The molecule has 124 valence electrons. The van der Waals surface area contributed by atoms with Gasteiger partial charge in [0.25, 0.3) is 0 Å². The highest BCUT2D eigenvalue weighted by atomic mass is 32.1. The second-order valence-corrected chi connectivity index (χ2v) is 7.01. The first-order valence-electron chi connectivity index (χ1n) is 7.96. The standard InChI is InChI=1S/C18H24N2O2S/c1-4-18(5-2,17(21)22)12-19-10-15-11-20-16(23-15)14-8-6-13(3)7-9-14/h6-9,11,19H,4-5,10,12H2,1-3H3,(H,21,22). The van der Waals surface area contributed by atoms with E-state index in [4.69, 9.17) is 0 Å². The average Bonchev–Trinajstić information content (AvgIpc) is 3.01. The number of rotatable bonds is 8. The van der Waals surface area contributed by atoms with Gasteiger partial charge in [-0.15, -0.1) is 11.3 Å². The normalized spacial score (nSPS) is 11.6. The van der Waals surface area contributed by atoms with Crippen LogP contribution in [-0.4, -0.2) is 22.6 Å². The number of nitrogens with zero attached hydrogens (tertiary/aromatic N) is 1. The number of benzene rings is 1. The third kappa shape index (κ3) is 4.18. The molecule has 0 saturated carbocycles. The molecule has 0 saturated heterocycles. The topological polar surface area (TPSA) is 62.2 Å². The molecule has 0 aliphatic carbocycles. The van der Waals surface area contributed by atoms with Crippen LogP contribution < -0.4 is 5.32 Å². The highest BCUT2D eigenvalue weighted by molar-refractivity contribution is 7.15. The van der Waals surface area contributed by atoms with Gasteiger partial charge < -0.3 is 10.4 Å². The Morgan fingerprint density at radius 3 is 2.48 bits per heavy atom. The minimum Gasteiger partial charge on any atom is -0.481 e. The van der Waals surface area contributed by atoms with Crippen LogP contribution in [0.25, 0.3) is 10.6 Å². The maximum atomic E-state index is 11.5. The quantitative estimate of drug-likeness (QED) is 0.764. The van der Waals surface area contributed by atoms with E-state index in [1.807, 2.05) is 20.0 Å². The summed E-state index contributed by atoms with van der Waals surface area (Å²) in [6.07, 6.45) is 3.12. The van der Waals surface area contributed by atoms with Crippen molar-refractivity contribution in [2.24, 2.45) is 5.41 Å². The first-order chi connectivity index (χ1) is 11.0. The molecule has 0 aliphatic heterocycles. The fourth-order valence-corrected chi connectivity index (χ4v) is 3.41. The van der Waals surface area contributed by atoms with E-state index in [1.54, 1.807) is 11.3 Å². The van der Waals surface area contributed by atoms with E-state index in [0.717, 1.165) is 15.4 Å². The van der Waals surface area contributed by atoms with Gasteiger partial charge in [-0.25, -0.2) is 4.98 Å². The Balaban J connectivity index is 1.97. The fourth-order valence-electron chi connectivity index (χ4n) is 2.52. The lowest BCUT2D eigenvalue weighted by Crippen LogP contribution is -2.39. The molecule has 1 heterocycles. The number of carboxylic acid groups (broad SMARTS) is 1. The first kappa shape index (κ1) is 17.6. The number of carbonyl (C=O) groups is 1. The molecular weight excluding hydrogens is 308 g/mol. The van der Waals surface area contributed by atoms with Gasteiger partial charge >= 0.3 is 5.97 Å². The summed E-state index contributed by atoms with van der Waals surface area (Å²) in [5.41, 5.74) is 1.68. The lowest BCUT2D eigenvalue weighted by Gasteiger charge is -2.26. The first-order valence-corrected chi connectivity index (χ1v) is 8.78. The van der Waals surface area contributed by atoms with Gasteiger partial charge in [-0.1, -0.05) is 43.7 Å². The number of aliphatic carboxylic acids is 1. The van der Waals surface area contributed by atoms with Crippen molar-refractivity contribution in [2.45, 2.75) is 40.2 Å². The Morgan fingerprint density at radius 2 is 1.91 bits per heavy atom. The maximum Gasteiger partial charge on any atom is 0.310 e. The van der Waals surface area contributed by atoms with Crippen molar-refractivity contribution in [3.05, 3.63) is 40.9 Å². The van der Waals surface area contributed by atoms with Crippen LogP contribution in [-0.2, 0) is 11.3 Å². The van der Waals surface area contributed by atoms with Crippen LogP contribution in [0.15, 0.2) is 30.5 Å². The molecule has 0 spiro atoms. The Bertz CT molecular complexity index is 645. The zero-order valence-corrected chi connectivity index (χ0v) is 14.7. The summed E-state index contributed by atoms with van der Waals surface area (Å²) in [5.74, 6) is -0.723. The largest absolute Gasteiger partial charge is 0.481 e. The van der Waals surface area contributed by atoms with Gasteiger partial charge in [0.15, 0.2) is 0 Å². The summed E-state index contributed by atoms with van der Waals surface area (Å²) in [5, 5.41) is 13.7. The molecule has 0 fully saturated rings. The number of thiazole rings is 1. The zero-order chi connectivity index (χ0) is 16.9. The van der Waals surface area contributed by atoms with Crippen molar-refractivity contribution in [3.63, 3.8) is 0 Å². The number of carboxylic acids is 1. The smallest absolute Gasteiger partial charge is 0.310 e. The molecule has 0 atom stereocenters. The summed E-state index contributed by atoms with van der Waals surface area (Å²) in [4.78, 5) is 17.1. The van der Waals surface area contributed by atoms with E-state index < -0.39 is 11.4 Å². The summed E-state index contributed by atoms with van der Waals surface area (Å²) in [6, 6.07) is 8.32. The minimum absolute atomic E-state index is 0.479. The van der Waals surface area contributed by atoms with Gasteiger partial charge in [0, 0.05) is 29.7 Å². The van der Waals surface area contributed by atoms with Crippen molar-refractivity contribution in [3.8, 4) is 10.6 Å². The summed E-state index contributed by atoms with van der Waals surface area (Å²) in [6.45, 7) is 7.06. The molecule has 1 aromatic carbocycles. The summed E-state index contributed by atoms with van der Waals surface area (Å²) >= 11 is 1.64. The third-order valence-corrected chi connectivity index (χ3v) is 5.47. The SMILES string of the molecule is CCC(CC)(CNCc1cnc(-c2ccc(C)cc2)s1)C(=O)O. The van der Waals surface area contributed by atoms with Gasteiger partial charge in [0.2, 0.25) is 0 Å².